The summed E-state index contributed by atoms with van der Waals surface area (Å²) in [5, 5.41) is 0. The summed E-state index contributed by atoms with van der Waals surface area (Å²) in [6, 6.07) is 6.43. The number of rotatable bonds is 4. The molecule has 0 amide bonds. The molecule has 0 saturated heterocycles. The van der Waals surface area contributed by atoms with Gasteiger partial charge in [-0.1, -0.05) is 6.07 Å². The largest absolute Gasteiger partial charge is 0.497 e. The van der Waals surface area contributed by atoms with Gasteiger partial charge < -0.3 is 4.74 Å². The molecule has 0 bridgehead atoms. The molecule has 0 saturated carbocycles. The Morgan fingerprint density at radius 2 is 2.25 bits per heavy atom. The Hall–Kier alpha value is -0.670. The first-order chi connectivity index (χ1) is 7.83. The van der Waals surface area contributed by atoms with Crippen LogP contribution in [0.25, 0.3) is 0 Å². The maximum atomic E-state index is 5.27. The Morgan fingerprint density at radius 1 is 1.38 bits per heavy atom. The molecular formula is C13H19NOS. The minimum absolute atomic E-state index is 0.967. The molecule has 0 unspecified atom stereocenters. The van der Waals surface area contributed by atoms with Crippen LogP contribution in [0.4, 0.5) is 0 Å². The number of nitrogens with zero attached hydrogens (tertiary/aromatic N) is 1. The zero-order valence-corrected chi connectivity index (χ0v) is 10.7. The minimum Gasteiger partial charge on any atom is -0.497 e. The number of hydrogen-bond acceptors (Lipinski definition) is 3. The van der Waals surface area contributed by atoms with Gasteiger partial charge in [-0.2, -0.15) is 12.6 Å². The summed E-state index contributed by atoms with van der Waals surface area (Å²) in [5.74, 6) is 1.94. The number of fused-ring (bicyclic) bond motifs is 1. The normalized spacial score (nSPS) is 15.9. The highest BCUT2D eigenvalue weighted by molar-refractivity contribution is 7.80. The summed E-state index contributed by atoms with van der Waals surface area (Å²) in [4.78, 5) is 2.50. The van der Waals surface area contributed by atoms with E-state index in [9.17, 15) is 0 Å². The van der Waals surface area contributed by atoms with Crippen molar-refractivity contribution in [3.63, 3.8) is 0 Å². The maximum Gasteiger partial charge on any atom is 0.119 e. The number of hydrogen-bond donors (Lipinski definition) is 1. The molecule has 3 heteroatoms. The van der Waals surface area contributed by atoms with Crippen LogP contribution < -0.4 is 4.74 Å². The van der Waals surface area contributed by atoms with E-state index >= 15 is 0 Å². The van der Waals surface area contributed by atoms with Crippen LogP contribution in [0.1, 0.15) is 17.5 Å². The second-order valence-corrected chi connectivity index (χ2v) is 4.69. The molecule has 1 aromatic carbocycles. The Kier molecular flexibility index (Phi) is 4.13. The zero-order valence-electron chi connectivity index (χ0n) is 9.78. The van der Waals surface area contributed by atoms with Gasteiger partial charge >= 0.3 is 0 Å². The van der Waals surface area contributed by atoms with Gasteiger partial charge in [0.25, 0.3) is 0 Å². The van der Waals surface area contributed by atoms with Gasteiger partial charge in [-0.3, -0.25) is 4.90 Å². The highest BCUT2D eigenvalue weighted by Gasteiger charge is 2.15. The fraction of sp³-hybridized carbons (Fsp3) is 0.538. The van der Waals surface area contributed by atoms with E-state index in [-0.39, 0.29) is 0 Å². The van der Waals surface area contributed by atoms with Gasteiger partial charge in [-0.25, -0.2) is 0 Å². The van der Waals surface area contributed by atoms with Crippen LogP contribution in [0, 0.1) is 0 Å². The van der Waals surface area contributed by atoms with Gasteiger partial charge in [0.05, 0.1) is 7.11 Å². The third-order valence-electron chi connectivity index (χ3n) is 3.14. The lowest BCUT2D eigenvalue weighted by molar-refractivity contribution is 0.255. The lowest BCUT2D eigenvalue weighted by Crippen LogP contribution is -2.31. The summed E-state index contributed by atoms with van der Waals surface area (Å²) >= 11 is 4.26. The molecule has 1 aromatic rings. The van der Waals surface area contributed by atoms with Crippen LogP contribution >= 0.6 is 12.6 Å². The number of thiol groups is 1. The van der Waals surface area contributed by atoms with Gasteiger partial charge in [0.2, 0.25) is 0 Å². The van der Waals surface area contributed by atoms with Gasteiger partial charge in [-0.15, -0.1) is 0 Å². The van der Waals surface area contributed by atoms with E-state index in [0.29, 0.717) is 0 Å². The lowest BCUT2D eigenvalue weighted by Gasteiger charge is -2.28. The highest BCUT2D eigenvalue weighted by Crippen LogP contribution is 2.23. The second-order valence-electron chi connectivity index (χ2n) is 4.24. The first kappa shape index (κ1) is 11.8. The van der Waals surface area contributed by atoms with Crippen LogP contribution in [0.5, 0.6) is 5.75 Å². The summed E-state index contributed by atoms with van der Waals surface area (Å²) in [6.07, 6.45) is 2.33. The van der Waals surface area contributed by atoms with Crippen molar-refractivity contribution in [2.24, 2.45) is 0 Å². The van der Waals surface area contributed by atoms with E-state index < -0.39 is 0 Å². The molecular weight excluding hydrogens is 218 g/mol. The molecule has 1 aliphatic heterocycles. The van der Waals surface area contributed by atoms with E-state index in [4.69, 9.17) is 4.74 Å². The first-order valence-corrected chi connectivity index (χ1v) is 6.45. The van der Waals surface area contributed by atoms with Crippen LogP contribution in [0.15, 0.2) is 18.2 Å². The van der Waals surface area contributed by atoms with Crippen molar-refractivity contribution in [2.75, 3.05) is 26.0 Å². The molecule has 2 nitrogen and oxygen atoms in total. The Morgan fingerprint density at radius 3 is 3.00 bits per heavy atom. The minimum atomic E-state index is 0.967. The van der Waals surface area contributed by atoms with Gasteiger partial charge in [0.15, 0.2) is 0 Å². The third kappa shape index (κ3) is 2.71. The van der Waals surface area contributed by atoms with E-state index in [1.54, 1.807) is 7.11 Å². The number of ether oxygens (including phenoxy) is 1. The molecule has 0 aliphatic carbocycles. The van der Waals surface area contributed by atoms with Crippen molar-refractivity contribution in [1.82, 2.24) is 4.90 Å². The van der Waals surface area contributed by atoms with Gasteiger partial charge in [-0.05, 0) is 48.4 Å². The SMILES string of the molecule is COc1ccc2c(c1)CN(CCCS)CC2. The number of benzene rings is 1. The molecule has 0 fully saturated rings. The zero-order chi connectivity index (χ0) is 11.4. The predicted molar refractivity (Wildman–Crippen MR) is 70.4 cm³/mol. The van der Waals surface area contributed by atoms with Crippen molar-refractivity contribution < 1.29 is 4.74 Å². The van der Waals surface area contributed by atoms with Crippen molar-refractivity contribution in [1.29, 1.82) is 0 Å². The quantitative estimate of drug-likeness (QED) is 0.807. The Balaban J connectivity index is 2.06. The van der Waals surface area contributed by atoms with E-state index in [1.807, 2.05) is 0 Å². The Labute approximate surface area is 103 Å². The molecule has 16 heavy (non-hydrogen) atoms. The summed E-state index contributed by atoms with van der Waals surface area (Å²) in [5.41, 5.74) is 2.90. The highest BCUT2D eigenvalue weighted by atomic mass is 32.1. The summed E-state index contributed by atoms with van der Waals surface area (Å²) in [6.45, 7) is 3.38. The fourth-order valence-electron chi connectivity index (χ4n) is 2.20. The van der Waals surface area contributed by atoms with Gasteiger partial charge in [0.1, 0.15) is 5.75 Å². The standard InChI is InChI=1S/C13H19NOS/c1-15-13-4-3-11-5-7-14(6-2-8-16)10-12(11)9-13/h3-4,9,16H,2,5-8,10H2,1H3. The van der Waals surface area contributed by atoms with Gasteiger partial charge in [0, 0.05) is 13.1 Å². The Bertz CT molecular complexity index is 354. The topological polar surface area (TPSA) is 12.5 Å². The van der Waals surface area contributed by atoms with Crippen molar-refractivity contribution in [2.45, 2.75) is 19.4 Å². The van der Waals surface area contributed by atoms with Crippen molar-refractivity contribution in [3.05, 3.63) is 29.3 Å². The van der Waals surface area contributed by atoms with Crippen LogP contribution in [-0.2, 0) is 13.0 Å². The van der Waals surface area contributed by atoms with E-state index in [2.05, 4.69) is 35.7 Å². The van der Waals surface area contributed by atoms with Crippen molar-refractivity contribution in [3.8, 4) is 5.75 Å². The van der Waals surface area contributed by atoms with Crippen LogP contribution in [0.3, 0.4) is 0 Å². The molecule has 0 aromatic heterocycles. The number of methoxy groups -OCH3 is 1. The molecule has 0 N–H and O–H groups in total. The molecule has 0 radical (unpaired) electrons. The molecule has 1 heterocycles. The van der Waals surface area contributed by atoms with E-state index in [1.165, 1.54) is 24.1 Å². The molecule has 88 valence electrons. The average Bonchev–Trinajstić information content (AvgIpc) is 2.35. The van der Waals surface area contributed by atoms with Crippen LogP contribution in [-0.4, -0.2) is 30.9 Å². The van der Waals surface area contributed by atoms with Crippen molar-refractivity contribution >= 4 is 12.6 Å². The lowest BCUT2D eigenvalue weighted by atomic mass is 9.99. The molecule has 1 aliphatic rings. The van der Waals surface area contributed by atoms with Crippen LogP contribution in [0.2, 0.25) is 0 Å². The smallest absolute Gasteiger partial charge is 0.119 e. The average molecular weight is 237 g/mol. The molecule has 0 spiro atoms. The maximum absolute atomic E-state index is 5.27. The third-order valence-corrected chi connectivity index (χ3v) is 3.45. The van der Waals surface area contributed by atoms with E-state index in [0.717, 1.165) is 31.0 Å². The summed E-state index contributed by atoms with van der Waals surface area (Å²) < 4.78 is 5.27. The molecule has 0 atom stereocenters. The fourth-order valence-corrected chi connectivity index (χ4v) is 2.35. The molecule has 2 rings (SSSR count). The second kappa shape index (κ2) is 5.60. The predicted octanol–water partition coefficient (Wildman–Crippen LogP) is 2.37. The summed E-state index contributed by atoms with van der Waals surface area (Å²) in [7, 11) is 1.73. The first-order valence-electron chi connectivity index (χ1n) is 5.82. The monoisotopic (exact) mass is 237 g/mol.